The summed E-state index contributed by atoms with van der Waals surface area (Å²) in [6.07, 6.45) is 1.48. The molecule has 0 fully saturated rings. The van der Waals surface area contributed by atoms with E-state index in [0.29, 0.717) is 13.0 Å². The molecule has 0 atom stereocenters. The molecule has 21 heavy (non-hydrogen) atoms. The molecule has 0 heterocycles. The second-order valence-corrected chi connectivity index (χ2v) is 5.43. The van der Waals surface area contributed by atoms with Crippen molar-refractivity contribution in [3.63, 3.8) is 0 Å². The molecule has 2 nitrogen and oxygen atoms in total. The molecule has 0 amide bonds. The fourth-order valence-electron chi connectivity index (χ4n) is 2.20. The van der Waals surface area contributed by atoms with Crippen molar-refractivity contribution in [1.82, 2.24) is 0 Å². The van der Waals surface area contributed by atoms with Gasteiger partial charge in [0.1, 0.15) is 12.4 Å². The molecule has 0 radical (unpaired) electrons. The number of rotatable bonds is 6. The maximum Gasteiger partial charge on any atom is 0.162 e. The van der Waals surface area contributed by atoms with Crippen LogP contribution in [0.3, 0.4) is 0 Å². The molecule has 0 spiro atoms. The molecule has 0 saturated heterocycles. The molecule has 0 bridgehead atoms. The Labute approximate surface area is 126 Å². The molecular weight excluding hydrogens is 260 g/mol. The van der Waals surface area contributed by atoms with E-state index in [1.165, 1.54) is 5.56 Å². The van der Waals surface area contributed by atoms with Gasteiger partial charge in [0.2, 0.25) is 0 Å². The third kappa shape index (κ3) is 4.19. The first kappa shape index (κ1) is 15.3. The van der Waals surface area contributed by atoms with Crippen molar-refractivity contribution in [1.29, 1.82) is 0 Å². The van der Waals surface area contributed by atoms with Crippen molar-refractivity contribution in [3.8, 4) is 5.75 Å². The number of Topliss-reactive ketones (excluding diaryl/α,β-unsaturated/α-hetero) is 1. The first-order valence-corrected chi connectivity index (χ1v) is 7.42. The van der Waals surface area contributed by atoms with Crippen LogP contribution < -0.4 is 4.74 Å². The summed E-state index contributed by atoms with van der Waals surface area (Å²) >= 11 is 0. The van der Waals surface area contributed by atoms with E-state index in [-0.39, 0.29) is 5.78 Å². The Hall–Kier alpha value is -2.09. The zero-order chi connectivity index (χ0) is 15.2. The van der Waals surface area contributed by atoms with Gasteiger partial charge in [-0.2, -0.15) is 0 Å². The molecule has 0 aromatic heterocycles. The van der Waals surface area contributed by atoms with Crippen molar-refractivity contribution in [2.24, 2.45) is 0 Å². The van der Waals surface area contributed by atoms with Gasteiger partial charge in [-0.05, 0) is 49.6 Å². The molecule has 0 saturated carbocycles. The summed E-state index contributed by atoms with van der Waals surface area (Å²) in [6.45, 7) is 6.61. The van der Waals surface area contributed by atoms with E-state index in [0.717, 1.165) is 28.9 Å². The molecule has 2 aromatic carbocycles. The highest BCUT2D eigenvalue weighted by molar-refractivity contribution is 5.96. The third-order valence-electron chi connectivity index (χ3n) is 3.49. The van der Waals surface area contributed by atoms with Crippen LogP contribution in [0.1, 0.15) is 46.8 Å². The number of hydrogen-bond acceptors (Lipinski definition) is 2. The lowest BCUT2D eigenvalue weighted by Crippen LogP contribution is -2.01. The molecule has 0 N–H and O–H groups in total. The predicted molar refractivity (Wildman–Crippen MR) is 85.9 cm³/mol. The second kappa shape index (κ2) is 7.07. The molecule has 0 aliphatic heterocycles. The van der Waals surface area contributed by atoms with E-state index in [2.05, 4.69) is 31.2 Å². The van der Waals surface area contributed by atoms with Gasteiger partial charge in [0.25, 0.3) is 0 Å². The lowest BCUT2D eigenvalue weighted by Gasteiger charge is -2.10. The van der Waals surface area contributed by atoms with E-state index in [1.54, 1.807) is 0 Å². The maximum atomic E-state index is 11.9. The van der Waals surface area contributed by atoms with Gasteiger partial charge in [-0.25, -0.2) is 0 Å². The Balaban J connectivity index is 2.04. The zero-order valence-electron chi connectivity index (χ0n) is 13.0. The standard InChI is InChI=1S/C19H22O2/c1-4-5-18(20)17-10-11-19(15(3)12-17)21-13-16-8-6-14(2)7-9-16/h6-12H,4-5,13H2,1-3H3. The Morgan fingerprint density at radius 3 is 2.38 bits per heavy atom. The minimum absolute atomic E-state index is 0.200. The quantitative estimate of drug-likeness (QED) is 0.707. The highest BCUT2D eigenvalue weighted by atomic mass is 16.5. The van der Waals surface area contributed by atoms with Crippen LogP contribution in [0.5, 0.6) is 5.75 Å². The van der Waals surface area contributed by atoms with E-state index >= 15 is 0 Å². The monoisotopic (exact) mass is 282 g/mol. The summed E-state index contributed by atoms with van der Waals surface area (Å²) in [5, 5.41) is 0. The van der Waals surface area contributed by atoms with Crippen LogP contribution in [0.2, 0.25) is 0 Å². The molecule has 2 heteroatoms. The van der Waals surface area contributed by atoms with Crippen LogP contribution >= 0.6 is 0 Å². The maximum absolute atomic E-state index is 11.9. The molecular formula is C19H22O2. The number of hydrogen-bond donors (Lipinski definition) is 0. The summed E-state index contributed by atoms with van der Waals surface area (Å²) in [5.74, 6) is 1.04. The normalized spacial score (nSPS) is 10.4. The van der Waals surface area contributed by atoms with Gasteiger partial charge < -0.3 is 4.74 Å². The van der Waals surface area contributed by atoms with Crippen molar-refractivity contribution in [3.05, 3.63) is 64.7 Å². The van der Waals surface area contributed by atoms with Gasteiger partial charge in [-0.3, -0.25) is 4.79 Å². The summed E-state index contributed by atoms with van der Waals surface area (Å²) in [4.78, 5) is 11.9. The van der Waals surface area contributed by atoms with Gasteiger partial charge in [0.05, 0.1) is 0 Å². The third-order valence-corrected chi connectivity index (χ3v) is 3.49. The van der Waals surface area contributed by atoms with Crippen LogP contribution in [-0.4, -0.2) is 5.78 Å². The predicted octanol–water partition coefficient (Wildman–Crippen LogP) is 4.87. The number of ketones is 1. The van der Waals surface area contributed by atoms with Crippen molar-refractivity contribution < 1.29 is 9.53 Å². The van der Waals surface area contributed by atoms with Crippen LogP contribution in [0.25, 0.3) is 0 Å². The van der Waals surface area contributed by atoms with Crippen LogP contribution in [0.15, 0.2) is 42.5 Å². The molecule has 2 aromatic rings. The van der Waals surface area contributed by atoms with Crippen molar-refractivity contribution in [2.75, 3.05) is 0 Å². The van der Waals surface area contributed by atoms with E-state index in [1.807, 2.05) is 32.0 Å². The first-order chi connectivity index (χ1) is 10.1. The Morgan fingerprint density at radius 1 is 1.05 bits per heavy atom. The summed E-state index contributed by atoms with van der Waals surface area (Å²) in [7, 11) is 0. The molecule has 0 aliphatic carbocycles. The zero-order valence-corrected chi connectivity index (χ0v) is 13.0. The SMILES string of the molecule is CCCC(=O)c1ccc(OCc2ccc(C)cc2)c(C)c1. The van der Waals surface area contributed by atoms with E-state index in [4.69, 9.17) is 4.74 Å². The highest BCUT2D eigenvalue weighted by Gasteiger charge is 2.07. The average molecular weight is 282 g/mol. The highest BCUT2D eigenvalue weighted by Crippen LogP contribution is 2.21. The minimum atomic E-state index is 0.200. The molecule has 2 rings (SSSR count). The topological polar surface area (TPSA) is 26.3 Å². The van der Waals surface area contributed by atoms with E-state index in [9.17, 15) is 4.79 Å². The van der Waals surface area contributed by atoms with Gasteiger partial charge in [-0.15, -0.1) is 0 Å². The number of ether oxygens (including phenoxy) is 1. The summed E-state index contributed by atoms with van der Waals surface area (Å²) < 4.78 is 5.85. The number of benzene rings is 2. The largest absolute Gasteiger partial charge is 0.489 e. The fourth-order valence-corrected chi connectivity index (χ4v) is 2.20. The molecule has 0 aliphatic rings. The Bertz CT molecular complexity index is 612. The van der Waals surface area contributed by atoms with Gasteiger partial charge in [0, 0.05) is 12.0 Å². The van der Waals surface area contributed by atoms with Crippen molar-refractivity contribution in [2.45, 2.75) is 40.2 Å². The molecule has 110 valence electrons. The second-order valence-electron chi connectivity index (χ2n) is 5.43. The smallest absolute Gasteiger partial charge is 0.162 e. The average Bonchev–Trinajstić information content (AvgIpc) is 2.48. The summed E-state index contributed by atoms with van der Waals surface area (Å²) in [6, 6.07) is 14.0. The lowest BCUT2D eigenvalue weighted by atomic mass is 10.0. The lowest BCUT2D eigenvalue weighted by molar-refractivity contribution is 0.0981. The first-order valence-electron chi connectivity index (χ1n) is 7.42. The minimum Gasteiger partial charge on any atom is -0.489 e. The van der Waals surface area contributed by atoms with E-state index < -0.39 is 0 Å². The van der Waals surface area contributed by atoms with Gasteiger partial charge in [-0.1, -0.05) is 36.8 Å². The van der Waals surface area contributed by atoms with Crippen LogP contribution in [0.4, 0.5) is 0 Å². The fraction of sp³-hybridized carbons (Fsp3) is 0.316. The van der Waals surface area contributed by atoms with Crippen LogP contribution in [0, 0.1) is 13.8 Å². The number of carbonyl (C=O) groups is 1. The number of carbonyl (C=O) groups excluding carboxylic acids is 1. The number of aryl methyl sites for hydroxylation is 2. The van der Waals surface area contributed by atoms with Gasteiger partial charge >= 0.3 is 0 Å². The summed E-state index contributed by atoms with van der Waals surface area (Å²) in [5.41, 5.74) is 4.17. The Kier molecular flexibility index (Phi) is 5.15. The van der Waals surface area contributed by atoms with Crippen molar-refractivity contribution >= 4 is 5.78 Å². The van der Waals surface area contributed by atoms with Crippen LogP contribution in [-0.2, 0) is 6.61 Å². The van der Waals surface area contributed by atoms with Gasteiger partial charge in [0.15, 0.2) is 5.78 Å². The Morgan fingerprint density at radius 2 is 1.76 bits per heavy atom. The molecule has 0 unspecified atom stereocenters.